The van der Waals surface area contributed by atoms with Crippen molar-refractivity contribution >= 4 is 64.9 Å². The first kappa shape index (κ1) is 29.5. The summed E-state index contributed by atoms with van der Waals surface area (Å²) in [7, 11) is 0. The number of benzene rings is 9. The Hall–Kier alpha value is -7.17. The number of hydrogen-bond acceptors (Lipinski definition) is 3. The molecule has 0 saturated heterocycles. The standard InChI is InChI=1S/C49H30N4/c1-2-14-33(15-3-1)47-50-48(52-49(51-47)36-23-22-31-12-4-5-16-35(31)30-36)34-24-27-37(28-25-34)53-43-29-26-32-13-6-7-17-38(32)44(43)45-41-20-10-8-18-39(41)40-19-9-11-21-42(40)46(45)53/h1-30H. The fourth-order valence-electron chi connectivity index (χ4n) is 8.14. The van der Waals surface area contributed by atoms with E-state index in [2.05, 4.69) is 156 Å². The molecule has 0 atom stereocenters. The maximum absolute atomic E-state index is 5.08. The largest absolute Gasteiger partial charge is 0.309 e. The van der Waals surface area contributed by atoms with E-state index in [4.69, 9.17) is 15.0 Å². The van der Waals surface area contributed by atoms with E-state index in [-0.39, 0.29) is 0 Å². The van der Waals surface area contributed by atoms with Crippen LogP contribution in [0.2, 0.25) is 0 Å². The number of aromatic nitrogens is 4. The van der Waals surface area contributed by atoms with Crippen molar-refractivity contribution in [2.75, 3.05) is 0 Å². The predicted octanol–water partition coefficient (Wildman–Crippen LogP) is 12.6. The normalized spacial score (nSPS) is 11.8. The van der Waals surface area contributed by atoms with E-state index in [0.29, 0.717) is 17.5 Å². The number of hydrogen-bond donors (Lipinski definition) is 0. The molecule has 2 aromatic heterocycles. The Labute approximate surface area is 305 Å². The van der Waals surface area contributed by atoms with Gasteiger partial charge in [0.2, 0.25) is 0 Å². The van der Waals surface area contributed by atoms with E-state index < -0.39 is 0 Å². The molecule has 0 spiro atoms. The predicted molar refractivity (Wildman–Crippen MR) is 220 cm³/mol. The monoisotopic (exact) mass is 674 g/mol. The first-order chi connectivity index (χ1) is 26.3. The van der Waals surface area contributed by atoms with Gasteiger partial charge in [0.05, 0.1) is 11.0 Å². The first-order valence-electron chi connectivity index (χ1n) is 18.0. The van der Waals surface area contributed by atoms with Gasteiger partial charge in [-0.1, -0.05) is 146 Å². The van der Waals surface area contributed by atoms with Crippen molar-refractivity contribution in [1.29, 1.82) is 0 Å². The van der Waals surface area contributed by atoms with E-state index in [1.54, 1.807) is 0 Å². The topological polar surface area (TPSA) is 43.6 Å². The highest BCUT2D eigenvalue weighted by Gasteiger charge is 2.21. The summed E-state index contributed by atoms with van der Waals surface area (Å²) in [6.45, 7) is 0. The SMILES string of the molecule is c1ccc(-c2nc(-c3ccc(-n4c5ccc6ccccc6c5c5c6ccccc6c6ccccc6c54)cc3)nc(-c3ccc4ccccc4c3)n2)cc1. The molecular formula is C49H30N4. The van der Waals surface area contributed by atoms with Gasteiger partial charge < -0.3 is 4.57 Å². The summed E-state index contributed by atoms with van der Waals surface area (Å²) in [4.78, 5) is 15.1. The summed E-state index contributed by atoms with van der Waals surface area (Å²) in [5.74, 6) is 1.94. The second-order valence-electron chi connectivity index (χ2n) is 13.6. The van der Waals surface area contributed by atoms with Gasteiger partial charge in [0.1, 0.15) is 0 Å². The summed E-state index contributed by atoms with van der Waals surface area (Å²) in [5.41, 5.74) is 6.30. The number of rotatable bonds is 4. The van der Waals surface area contributed by atoms with Crippen molar-refractivity contribution in [3.05, 3.63) is 182 Å². The van der Waals surface area contributed by atoms with Crippen molar-refractivity contribution in [1.82, 2.24) is 19.5 Å². The Balaban J connectivity index is 1.14. The lowest BCUT2D eigenvalue weighted by molar-refractivity contribution is 1.07. The van der Waals surface area contributed by atoms with E-state index >= 15 is 0 Å². The van der Waals surface area contributed by atoms with Crippen molar-refractivity contribution in [3.63, 3.8) is 0 Å². The van der Waals surface area contributed by atoms with Gasteiger partial charge in [-0.05, 0) is 74.1 Å². The second kappa shape index (κ2) is 11.7. The van der Waals surface area contributed by atoms with E-state index in [1.165, 1.54) is 59.5 Å². The van der Waals surface area contributed by atoms with E-state index in [0.717, 1.165) is 27.8 Å². The summed E-state index contributed by atoms with van der Waals surface area (Å²) >= 11 is 0. The zero-order valence-electron chi connectivity index (χ0n) is 28.6. The van der Waals surface area contributed by atoms with Gasteiger partial charge >= 0.3 is 0 Å². The molecule has 11 rings (SSSR count). The van der Waals surface area contributed by atoms with Crippen molar-refractivity contribution in [2.45, 2.75) is 0 Å². The van der Waals surface area contributed by atoms with Crippen LogP contribution in [-0.2, 0) is 0 Å². The Kier molecular flexibility index (Phi) is 6.52. The summed E-state index contributed by atoms with van der Waals surface area (Å²) < 4.78 is 2.44. The molecule has 0 radical (unpaired) electrons. The van der Waals surface area contributed by atoms with Gasteiger partial charge in [0.15, 0.2) is 17.5 Å². The van der Waals surface area contributed by atoms with E-state index in [1.807, 2.05) is 30.3 Å². The third-order valence-electron chi connectivity index (χ3n) is 10.6. The van der Waals surface area contributed by atoms with Gasteiger partial charge in [-0.3, -0.25) is 0 Å². The maximum atomic E-state index is 5.08. The maximum Gasteiger partial charge on any atom is 0.164 e. The van der Waals surface area contributed by atoms with Crippen molar-refractivity contribution in [2.24, 2.45) is 0 Å². The highest BCUT2D eigenvalue weighted by Crippen LogP contribution is 2.44. The van der Waals surface area contributed by atoms with Crippen molar-refractivity contribution in [3.8, 4) is 39.9 Å². The van der Waals surface area contributed by atoms with Gasteiger partial charge in [0.25, 0.3) is 0 Å². The van der Waals surface area contributed by atoms with Gasteiger partial charge in [-0.15, -0.1) is 0 Å². The molecule has 9 aromatic carbocycles. The Morgan fingerprint density at radius 3 is 1.57 bits per heavy atom. The molecule has 246 valence electrons. The lowest BCUT2D eigenvalue weighted by Crippen LogP contribution is -2.00. The molecule has 53 heavy (non-hydrogen) atoms. The lowest BCUT2D eigenvalue weighted by Gasteiger charge is -2.13. The molecule has 0 aliphatic rings. The Bertz CT molecular complexity index is 3220. The van der Waals surface area contributed by atoms with E-state index in [9.17, 15) is 0 Å². The molecule has 0 saturated carbocycles. The minimum atomic E-state index is 0.637. The third-order valence-corrected chi connectivity index (χ3v) is 10.6. The first-order valence-corrected chi connectivity index (χ1v) is 18.0. The van der Waals surface area contributed by atoms with Crippen LogP contribution >= 0.6 is 0 Å². The fraction of sp³-hybridized carbons (Fsp3) is 0. The average molecular weight is 675 g/mol. The van der Waals surface area contributed by atoms with Crippen molar-refractivity contribution < 1.29 is 0 Å². The minimum Gasteiger partial charge on any atom is -0.309 e. The highest BCUT2D eigenvalue weighted by atomic mass is 15.0. The van der Waals surface area contributed by atoms with Crippen LogP contribution < -0.4 is 0 Å². The quantitative estimate of drug-likeness (QED) is 0.175. The van der Waals surface area contributed by atoms with Crippen LogP contribution in [0, 0.1) is 0 Å². The lowest BCUT2D eigenvalue weighted by atomic mass is 9.95. The second-order valence-corrected chi connectivity index (χ2v) is 13.6. The molecule has 0 aliphatic carbocycles. The molecule has 0 N–H and O–H groups in total. The Morgan fingerprint density at radius 2 is 0.830 bits per heavy atom. The molecule has 0 bridgehead atoms. The van der Waals surface area contributed by atoms with Crippen LogP contribution in [0.3, 0.4) is 0 Å². The zero-order chi connectivity index (χ0) is 34.9. The molecule has 0 unspecified atom stereocenters. The van der Waals surface area contributed by atoms with Gasteiger partial charge in [0, 0.05) is 38.5 Å². The highest BCUT2D eigenvalue weighted by molar-refractivity contribution is 6.35. The molecule has 2 heterocycles. The summed E-state index contributed by atoms with van der Waals surface area (Å²) in [6.07, 6.45) is 0. The molecule has 0 aliphatic heterocycles. The third kappa shape index (κ3) is 4.66. The van der Waals surface area contributed by atoms with Crippen LogP contribution in [0.15, 0.2) is 182 Å². The molecule has 0 fully saturated rings. The molecule has 0 amide bonds. The average Bonchev–Trinajstić information content (AvgIpc) is 3.60. The smallest absolute Gasteiger partial charge is 0.164 e. The molecule has 4 heteroatoms. The van der Waals surface area contributed by atoms with Crippen LogP contribution in [0.4, 0.5) is 0 Å². The van der Waals surface area contributed by atoms with Crippen LogP contribution in [-0.4, -0.2) is 19.5 Å². The van der Waals surface area contributed by atoms with Gasteiger partial charge in [-0.25, -0.2) is 15.0 Å². The van der Waals surface area contributed by atoms with Crippen LogP contribution in [0.5, 0.6) is 0 Å². The van der Waals surface area contributed by atoms with Gasteiger partial charge in [-0.2, -0.15) is 0 Å². The fourth-order valence-corrected chi connectivity index (χ4v) is 8.14. The molecule has 4 nitrogen and oxygen atoms in total. The minimum absolute atomic E-state index is 0.637. The molecule has 11 aromatic rings. The molecular weight excluding hydrogens is 645 g/mol. The summed E-state index contributed by atoms with van der Waals surface area (Å²) in [5, 5.41) is 12.4. The number of nitrogens with zero attached hydrogens (tertiary/aromatic N) is 4. The zero-order valence-corrected chi connectivity index (χ0v) is 28.6. The van der Waals surface area contributed by atoms with Crippen LogP contribution in [0.1, 0.15) is 0 Å². The summed E-state index contributed by atoms with van der Waals surface area (Å²) in [6, 6.07) is 64.5. The van der Waals surface area contributed by atoms with Crippen LogP contribution in [0.25, 0.3) is 105 Å². The Morgan fingerprint density at radius 1 is 0.321 bits per heavy atom. The number of fused-ring (bicyclic) bond motifs is 11.